The number of nitrogens with zero attached hydrogens (tertiary/aromatic N) is 1. The third-order valence-electron chi connectivity index (χ3n) is 1.85. The average Bonchev–Trinajstić information content (AvgIpc) is 2.46. The summed E-state index contributed by atoms with van der Waals surface area (Å²) in [7, 11) is 1.14. The van der Waals surface area contributed by atoms with Gasteiger partial charge < -0.3 is 4.74 Å². The van der Waals surface area contributed by atoms with Crippen LogP contribution in [0.2, 0.25) is 0 Å². The van der Waals surface area contributed by atoms with Crippen LogP contribution in [0.4, 0.5) is 4.79 Å². The summed E-state index contributed by atoms with van der Waals surface area (Å²) in [6, 6.07) is -0.860. The highest BCUT2D eigenvalue weighted by atomic mass is 35.5. The molecule has 0 aliphatic carbocycles. The van der Waals surface area contributed by atoms with Crippen LogP contribution >= 0.6 is 11.6 Å². The van der Waals surface area contributed by atoms with E-state index in [9.17, 15) is 14.4 Å². The van der Waals surface area contributed by atoms with E-state index < -0.39 is 23.3 Å². The first-order chi connectivity index (χ1) is 6.07. The molecule has 72 valence electrons. The summed E-state index contributed by atoms with van der Waals surface area (Å²) < 4.78 is 4.34. The number of ether oxygens (including phenoxy) is 1. The van der Waals surface area contributed by atoms with Crippen LogP contribution in [0.15, 0.2) is 0 Å². The van der Waals surface area contributed by atoms with Crippen molar-refractivity contribution in [3.05, 3.63) is 0 Å². The molecular weight excluding hydrogens is 198 g/mol. The van der Waals surface area contributed by atoms with E-state index >= 15 is 0 Å². The normalized spacial score (nSPS) is 21.8. The molecule has 1 saturated heterocycles. The van der Waals surface area contributed by atoms with E-state index in [1.54, 1.807) is 0 Å². The lowest BCUT2D eigenvalue weighted by atomic mass is 10.2. The summed E-state index contributed by atoms with van der Waals surface area (Å²) in [6.45, 7) is 0. The number of hydrogen-bond acceptors (Lipinski definition) is 4. The molecule has 0 unspecified atom stereocenters. The van der Waals surface area contributed by atoms with Crippen molar-refractivity contribution < 1.29 is 19.1 Å². The highest BCUT2D eigenvalue weighted by Crippen LogP contribution is 2.21. The van der Waals surface area contributed by atoms with Crippen molar-refractivity contribution in [2.75, 3.05) is 7.11 Å². The Kier molecular flexibility index (Phi) is 2.87. The number of halogens is 1. The van der Waals surface area contributed by atoms with Gasteiger partial charge in [0.05, 0.1) is 7.11 Å². The van der Waals surface area contributed by atoms with Gasteiger partial charge in [0.25, 0.3) is 0 Å². The predicted molar refractivity (Wildman–Crippen MR) is 43.1 cm³/mol. The van der Waals surface area contributed by atoms with Crippen LogP contribution < -0.4 is 0 Å². The van der Waals surface area contributed by atoms with Crippen LogP contribution in [-0.2, 0) is 14.3 Å². The quantitative estimate of drug-likeness (QED) is 0.585. The summed E-state index contributed by atoms with van der Waals surface area (Å²) in [5, 5.41) is -0.712. The van der Waals surface area contributed by atoms with Gasteiger partial charge in [-0.25, -0.2) is 9.69 Å². The largest absolute Gasteiger partial charge is 0.452 e. The summed E-state index contributed by atoms with van der Waals surface area (Å²) in [5.74, 6) is -0.425. The van der Waals surface area contributed by atoms with Crippen LogP contribution in [-0.4, -0.2) is 35.3 Å². The summed E-state index contributed by atoms with van der Waals surface area (Å²) in [4.78, 5) is 33.7. The molecule has 0 bridgehead atoms. The van der Waals surface area contributed by atoms with E-state index in [1.165, 1.54) is 0 Å². The van der Waals surface area contributed by atoms with Crippen molar-refractivity contribution in [2.45, 2.75) is 18.9 Å². The Morgan fingerprint density at radius 1 is 1.62 bits per heavy atom. The Morgan fingerprint density at radius 3 is 2.69 bits per heavy atom. The van der Waals surface area contributed by atoms with Crippen molar-refractivity contribution >= 4 is 28.8 Å². The second kappa shape index (κ2) is 3.74. The minimum absolute atomic E-state index is 0.151. The monoisotopic (exact) mass is 205 g/mol. The molecule has 1 heterocycles. The minimum atomic E-state index is -0.860. The van der Waals surface area contributed by atoms with E-state index in [-0.39, 0.29) is 12.8 Å². The number of carbonyl (C=O) groups is 3. The van der Waals surface area contributed by atoms with Crippen molar-refractivity contribution in [3.8, 4) is 0 Å². The van der Waals surface area contributed by atoms with Crippen LogP contribution in [0, 0.1) is 0 Å². The zero-order valence-electron chi connectivity index (χ0n) is 6.95. The summed E-state index contributed by atoms with van der Waals surface area (Å²) in [5.41, 5.74) is 0. The lowest BCUT2D eigenvalue weighted by Crippen LogP contribution is -2.41. The third-order valence-corrected chi connectivity index (χ3v) is 2.10. The van der Waals surface area contributed by atoms with Crippen molar-refractivity contribution in [1.29, 1.82) is 0 Å². The SMILES string of the molecule is COC(=O)N1C(=O)CC[C@H]1C(=O)Cl. The summed E-state index contributed by atoms with van der Waals surface area (Å²) in [6.07, 6.45) is -0.407. The fourth-order valence-electron chi connectivity index (χ4n) is 1.23. The second-order valence-corrected chi connectivity index (χ2v) is 2.96. The topological polar surface area (TPSA) is 63.7 Å². The van der Waals surface area contributed by atoms with Crippen LogP contribution in [0.25, 0.3) is 0 Å². The first-order valence-corrected chi connectivity index (χ1v) is 4.05. The van der Waals surface area contributed by atoms with Gasteiger partial charge in [-0.3, -0.25) is 9.59 Å². The number of likely N-dealkylation sites (tertiary alicyclic amines) is 1. The first-order valence-electron chi connectivity index (χ1n) is 3.67. The maximum Gasteiger partial charge on any atom is 0.416 e. The number of imide groups is 1. The van der Waals surface area contributed by atoms with Gasteiger partial charge in [-0.2, -0.15) is 0 Å². The zero-order valence-corrected chi connectivity index (χ0v) is 7.71. The van der Waals surface area contributed by atoms with E-state index in [2.05, 4.69) is 4.74 Å². The molecule has 1 atom stereocenters. The lowest BCUT2D eigenvalue weighted by molar-refractivity contribution is -0.130. The number of hydrogen-bond donors (Lipinski definition) is 0. The number of methoxy groups -OCH3 is 1. The maximum atomic E-state index is 11.1. The van der Waals surface area contributed by atoms with Gasteiger partial charge in [0.2, 0.25) is 11.1 Å². The van der Waals surface area contributed by atoms with Gasteiger partial charge in [0, 0.05) is 6.42 Å². The van der Waals surface area contributed by atoms with E-state index in [1.807, 2.05) is 0 Å². The molecule has 1 aliphatic rings. The molecule has 0 radical (unpaired) electrons. The molecule has 1 fully saturated rings. The Morgan fingerprint density at radius 2 is 2.23 bits per heavy atom. The molecule has 0 saturated carbocycles. The molecule has 13 heavy (non-hydrogen) atoms. The summed E-state index contributed by atoms with van der Waals surface area (Å²) >= 11 is 5.20. The fraction of sp³-hybridized carbons (Fsp3) is 0.571. The van der Waals surface area contributed by atoms with Gasteiger partial charge in [-0.15, -0.1) is 0 Å². The van der Waals surface area contributed by atoms with Crippen LogP contribution in [0.5, 0.6) is 0 Å². The number of carbonyl (C=O) groups excluding carboxylic acids is 3. The second-order valence-electron chi connectivity index (χ2n) is 2.59. The first kappa shape index (κ1) is 9.98. The smallest absolute Gasteiger partial charge is 0.416 e. The molecule has 5 nitrogen and oxygen atoms in total. The van der Waals surface area contributed by atoms with Crippen molar-refractivity contribution in [1.82, 2.24) is 4.90 Å². The minimum Gasteiger partial charge on any atom is -0.452 e. The predicted octanol–water partition coefficient (Wildman–Crippen LogP) is 0.509. The Labute approximate surface area is 79.6 Å². The van der Waals surface area contributed by atoms with E-state index in [0.29, 0.717) is 0 Å². The van der Waals surface area contributed by atoms with Gasteiger partial charge in [-0.05, 0) is 18.0 Å². The van der Waals surface area contributed by atoms with Crippen LogP contribution in [0.3, 0.4) is 0 Å². The highest BCUT2D eigenvalue weighted by molar-refractivity contribution is 6.65. The van der Waals surface area contributed by atoms with Crippen molar-refractivity contribution in [2.24, 2.45) is 0 Å². The third kappa shape index (κ3) is 1.80. The molecular formula is C7H8ClNO4. The van der Waals surface area contributed by atoms with Gasteiger partial charge in [0.15, 0.2) is 0 Å². The highest BCUT2D eigenvalue weighted by Gasteiger charge is 2.40. The molecule has 0 N–H and O–H groups in total. The number of rotatable bonds is 1. The average molecular weight is 206 g/mol. The van der Waals surface area contributed by atoms with Crippen molar-refractivity contribution in [3.63, 3.8) is 0 Å². The standard InChI is InChI=1S/C7H8ClNO4/c1-13-7(12)9-4(6(8)11)2-3-5(9)10/h4H,2-3H2,1H3/t4-/m0/s1. The molecule has 2 amide bonds. The van der Waals surface area contributed by atoms with E-state index in [0.717, 1.165) is 12.0 Å². The molecule has 1 rings (SSSR count). The Hall–Kier alpha value is -1.10. The Balaban J connectivity index is 2.83. The van der Waals surface area contributed by atoms with Gasteiger partial charge >= 0.3 is 6.09 Å². The van der Waals surface area contributed by atoms with Gasteiger partial charge in [-0.1, -0.05) is 0 Å². The van der Waals surface area contributed by atoms with Crippen LogP contribution in [0.1, 0.15) is 12.8 Å². The maximum absolute atomic E-state index is 11.1. The zero-order chi connectivity index (χ0) is 10.0. The fourth-order valence-corrected chi connectivity index (χ4v) is 1.43. The lowest BCUT2D eigenvalue weighted by Gasteiger charge is -2.17. The molecule has 6 heteroatoms. The Bertz CT molecular complexity index is 265. The van der Waals surface area contributed by atoms with E-state index in [4.69, 9.17) is 11.6 Å². The molecule has 0 aromatic rings. The molecule has 0 aromatic heterocycles. The molecule has 0 aromatic carbocycles. The number of amides is 2. The van der Waals surface area contributed by atoms with Gasteiger partial charge in [0.1, 0.15) is 6.04 Å². The molecule has 0 spiro atoms. The molecule has 1 aliphatic heterocycles.